The number of benzene rings is 1. The molecule has 1 aromatic carbocycles. The van der Waals surface area contributed by atoms with E-state index in [1.54, 1.807) is 25.8 Å². The third-order valence-electron chi connectivity index (χ3n) is 3.25. The van der Waals surface area contributed by atoms with Gasteiger partial charge in [-0.15, -0.1) is 22.7 Å². The third-order valence-corrected chi connectivity index (χ3v) is 5.01. The fourth-order valence-corrected chi connectivity index (χ4v) is 3.56. The molecule has 124 valence electrons. The van der Waals surface area contributed by atoms with Crippen LogP contribution in [-0.4, -0.2) is 30.1 Å². The first kappa shape index (κ1) is 16.4. The molecule has 0 aliphatic carbocycles. The Bertz CT molecular complexity index is 831. The van der Waals surface area contributed by atoms with E-state index in [0.29, 0.717) is 23.7 Å². The molecule has 0 spiro atoms. The van der Waals surface area contributed by atoms with E-state index in [2.05, 4.69) is 15.3 Å². The summed E-state index contributed by atoms with van der Waals surface area (Å²) in [5, 5.41) is 8.04. The Morgan fingerprint density at radius 1 is 1.17 bits per heavy atom. The Morgan fingerprint density at radius 2 is 2.00 bits per heavy atom. The number of rotatable bonds is 6. The molecule has 2 heterocycles. The lowest BCUT2D eigenvalue weighted by molar-refractivity contribution is 0.0946. The van der Waals surface area contributed by atoms with Crippen LogP contribution in [0, 0.1) is 0 Å². The molecule has 0 radical (unpaired) electrons. The number of nitrogens with zero attached hydrogens (tertiary/aromatic N) is 2. The molecule has 0 bridgehead atoms. The van der Waals surface area contributed by atoms with Gasteiger partial charge >= 0.3 is 0 Å². The minimum Gasteiger partial charge on any atom is -0.493 e. The number of carbonyl (C=O) groups excluding carboxylic acids is 1. The number of nitrogens with one attached hydrogen (secondary N) is 1. The van der Waals surface area contributed by atoms with Crippen LogP contribution in [0.1, 0.15) is 16.1 Å². The standard InChI is InChI=1S/C16H15N3O3S2/c1-21-12-4-3-10(7-13(12)22-2)8-18-14(20)11-9-24-16(19-11)15-17-5-6-23-15/h3-7,9H,8H2,1-2H3,(H,18,20). The highest BCUT2D eigenvalue weighted by atomic mass is 32.1. The molecule has 0 aliphatic rings. The number of carbonyl (C=O) groups is 1. The second-order valence-electron chi connectivity index (χ2n) is 4.75. The molecule has 1 N–H and O–H groups in total. The van der Waals surface area contributed by atoms with Gasteiger partial charge in [-0.3, -0.25) is 4.79 Å². The van der Waals surface area contributed by atoms with Crippen LogP contribution in [0.2, 0.25) is 0 Å². The van der Waals surface area contributed by atoms with Crippen molar-refractivity contribution in [3.63, 3.8) is 0 Å². The first-order chi connectivity index (χ1) is 11.7. The van der Waals surface area contributed by atoms with E-state index in [9.17, 15) is 4.79 Å². The molecule has 1 amide bonds. The van der Waals surface area contributed by atoms with Crippen LogP contribution in [0.5, 0.6) is 11.5 Å². The van der Waals surface area contributed by atoms with Crippen molar-refractivity contribution in [1.29, 1.82) is 0 Å². The summed E-state index contributed by atoms with van der Waals surface area (Å²) >= 11 is 2.91. The molecule has 0 atom stereocenters. The molecule has 3 rings (SSSR count). The number of ether oxygens (including phenoxy) is 2. The minimum absolute atomic E-state index is 0.219. The molecular formula is C16H15N3O3S2. The molecule has 6 nitrogen and oxygen atoms in total. The predicted octanol–water partition coefficient (Wildman–Crippen LogP) is 3.21. The van der Waals surface area contributed by atoms with Crippen LogP contribution in [0.3, 0.4) is 0 Å². The molecule has 0 fully saturated rings. The zero-order valence-electron chi connectivity index (χ0n) is 13.1. The average Bonchev–Trinajstić information content (AvgIpc) is 3.30. The van der Waals surface area contributed by atoms with E-state index in [-0.39, 0.29) is 5.91 Å². The Labute approximate surface area is 147 Å². The quantitative estimate of drug-likeness (QED) is 0.730. The lowest BCUT2D eigenvalue weighted by Gasteiger charge is -2.10. The SMILES string of the molecule is COc1ccc(CNC(=O)c2csc(-c3nccs3)n2)cc1OC. The number of amides is 1. The summed E-state index contributed by atoms with van der Waals surface area (Å²) in [5.41, 5.74) is 1.31. The van der Waals surface area contributed by atoms with Crippen molar-refractivity contribution in [2.45, 2.75) is 6.54 Å². The van der Waals surface area contributed by atoms with Gasteiger partial charge in [-0.2, -0.15) is 0 Å². The normalized spacial score (nSPS) is 10.4. The third kappa shape index (κ3) is 3.55. The van der Waals surface area contributed by atoms with Gasteiger partial charge < -0.3 is 14.8 Å². The summed E-state index contributed by atoms with van der Waals surface area (Å²) in [5.74, 6) is 1.06. The van der Waals surface area contributed by atoms with Crippen molar-refractivity contribution < 1.29 is 14.3 Å². The van der Waals surface area contributed by atoms with Crippen molar-refractivity contribution in [2.75, 3.05) is 14.2 Å². The summed E-state index contributed by atoms with van der Waals surface area (Å²) in [6.07, 6.45) is 1.72. The van der Waals surface area contributed by atoms with Gasteiger partial charge in [-0.05, 0) is 17.7 Å². The van der Waals surface area contributed by atoms with Gasteiger partial charge in [-0.1, -0.05) is 6.07 Å². The number of aromatic nitrogens is 2. The molecule has 3 aromatic rings. The Kier molecular flexibility index (Phi) is 5.07. The van der Waals surface area contributed by atoms with Crippen molar-refractivity contribution in [2.24, 2.45) is 0 Å². The molecular weight excluding hydrogens is 346 g/mol. The molecule has 0 saturated heterocycles. The molecule has 2 aromatic heterocycles. The lowest BCUT2D eigenvalue weighted by atomic mass is 10.2. The smallest absolute Gasteiger partial charge is 0.271 e. The monoisotopic (exact) mass is 361 g/mol. The molecule has 24 heavy (non-hydrogen) atoms. The van der Waals surface area contributed by atoms with Gasteiger partial charge in [-0.25, -0.2) is 9.97 Å². The van der Waals surface area contributed by atoms with Gasteiger partial charge in [0.15, 0.2) is 21.5 Å². The van der Waals surface area contributed by atoms with Gasteiger partial charge in [0.05, 0.1) is 14.2 Å². The van der Waals surface area contributed by atoms with E-state index in [1.165, 1.54) is 22.7 Å². The molecule has 8 heteroatoms. The van der Waals surface area contributed by atoms with Gasteiger partial charge in [0, 0.05) is 23.5 Å². The summed E-state index contributed by atoms with van der Waals surface area (Å²) in [4.78, 5) is 20.8. The maximum atomic E-state index is 12.2. The maximum absolute atomic E-state index is 12.2. The van der Waals surface area contributed by atoms with Crippen LogP contribution in [0.25, 0.3) is 10.0 Å². The molecule has 0 aliphatic heterocycles. The van der Waals surface area contributed by atoms with Crippen LogP contribution < -0.4 is 14.8 Å². The van der Waals surface area contributed by atoms with Crippen LogP contribution in [-0.2, 0) is 6.54 Å². The number of hydrogen-bond acceptors (Lipinski definition) is 7. The predicted molar refractivity (Wildman–Crippen MR) is 93.9 cm³/mol. The first-order valence-corrected chi connectivity index (χ1v) is 8.81. The summed E-state index contributed by atoms with van der Waals surface area (Å²) in [7, 11) is 3.16. The Balaban J connectivity index is 1.65. The van der Waals surface area contributed by atoms with Gasteiger partial charge in [0.25, 0.3) is 5.91 Å². The highest BCUT2D eigenvalue weighted by Gasteiger charge is 2.13. The number of thiazole rings is 2. The van der Waals surface area contributed by atoms with Gasteiger partial charge in [0.1, 0.15) is 5.69 Å². The zero-order valence-corrected chi connectivity index (χ0v) is 14.7. The summed E-state index contributed by atoms with van der Waals surface area (Å²) in [6.45, 7) is 0.378. The Hall–Kier alpha value is -2.45. The number of methoxy groups -OCH3 is 2. The van der Waals surface area contributed by atoms with Crippen LogP contribution >= 0.6 is 22.7 Å². The topological polar surface area (TPSA) is 73.3 Å². The van der Waals surface area contributed by atoms with Crippen LogP contribution in [0.15, 0.2) is 35.2 Å². The summed E-state index contributed by atoms with van der Waals surface area (Å²) < 4.78 is 10.5. The second kappa shape index (κ2) is 7.41. The second-order valence-corrected chi connectivity index (χ2v) is 6.50. The average molecular weight is 361 g/mol. The van der Waals surface area contributed by atoms with Crippen molar-refractivity contribution in [3.8, 4) is 21.5 Å². The van der Waals surface area contributed by atoms with E-state index >= 15 is 0 Å². The van der Waals surface area contributed by atoms with E-state index in [4.69, 9.17) is 9.47 Å². The van der Waals surface area contributed by atoms with E-state index in [1.807, 2.05) is 23.6 Å². The molecule has 0 unspecified atom stereocenters. The van der Waals surface area contributed by atoms with Crippen molar-refractivity contribution in [3.05, 3.63) is 46.4 Å². The first-order valence-electron chi connectivity index (χ1n) is 7.05. The fraction of sp³-hybridized carbons (Fsp3) is 0.188. The Morgan fingerprint density at radius 3 is 2.71 bits per heavy atom. The molecule has 0 saturated carbocycles. The fourth-order valence-electron chi connectivity index (χ4n) is 2.07. The van der Waals surface area contributed by atoms with Crippen molar-refractivity contribution >= 4 is 28.6 Å². The van der Waals surface area contributed by atoms with Crippen molar-refractivity contribution in [1.82, 2.24) is 15.3 Å². The van der Waals surface area contributed by atoms with E-state index in [0.717, 1.165) is 15.6 Å². The lowest BCUT2D eigenvalue weighted by Crippen LogP contribution is -2.23. The van der Waals surface area contributed by atoms with Crippen LogP contribution in [0.4, 0.5) is 0 Å². The van der Waals surface area contributed by atoms with E-state index < -0.39 is 0 Å². The largest absolute Gasteiger partial charge is 0.493 e. The highest BCUT2D eigenvalue weighted by Crippen LogP contribution is 2.28. The number of hydrogen-bond donors (Lipinski definition) is 1. The highest BCUT2D eigenvalue weighted by molar-refractivity contribution is 7.19. The zero-order chi connectivity index (χ0) is 16.9. The minimum atomic E-state index is -0.219. The maximum Gasteiger partial charge on any atom is 0.271 e. The summed E-state index contributed by atoms with van der Waals surface area (Å²) in [6, 6.07) is 5.52. The van der Waals surface area contributed by atoms with Gasteiger partial charge in [0.2, 0.25) is 0 Å².